The van der Waals surface area contributed by atoms with Gasteiger partial charge in [0.1, 0.15) is 0 Å². The summed E-state index contributed by atoms with van der Waals surface area (Å²) in [5.74, 6) is 5.74. The van der Waals surface area contributed by atoms with Crippen LogP contribution < -0.4 is 11.3 Å². The quantitative estimate of drug-likeness (QED) is 0.554. The van der Waals surface area contributed by atoms with Crippen LogP contribution in [0.3, 0.4) is 0 Å². The monoisotopic (exact) mass is 252 g/mol. The van der Waals surface area contributed by atoms with Gasteiger partial charge in [-0.1, -0.05) is 48.5 Å². The highest BCUT2D eigenvalue weighted by Crippen LogP contribution is 2.27. The van der Waals surface area contributed by atoms with E-state index in [1.807, 2.05) is 54.2 Å². The predicted molar refractivity (Wildman–Crippen MR) is 76.3 cm³/mol. The summed E-state index contributed by atoms with van der Waals surface area (Å²) >= 11 is 0. The second-order valence-corrected chi connectivity index (χ2v) is 4.54. The van der Waals surface area contributed by atoms with Crippen molar-refractivity contribution in [2.75, 3.05) is 0 Å². The molecule has 19 heavy (non-hydrogen) atoms. The van der Waals surface area contributed by atoms with Crippen molar-refractivity contribution in [3.63, 3.8) is 0 Å². The van der Waals surface area contributed by atoms with Gasteiger partial charge in [0.05, 0.1) is 17.3 Å². The number of benzene rings is 2. The highest BCUT2D eigenvalue weighted by Gasteiger charge is 2.19. The van der Waals surface area contributed by atoms with Crippen molar-refractivity contribution in [3.8, 4) is 0 Å². The molecule has 1 atom stereocenters. The van der Waals surface area contributed by atoms with Crippen LogP contribution in [0.1, 0.15) is 17.3 Å². The Morgan fingerprint density at radius 3 is 2.47 bits per heavy atom. The topological polar surface area (TPSA) is 55.9 Å². The van der Waals surface area contributed by atoms with Crippen LogP contribution in [-0.4, -0.2) is 9.78 Å². The van der Waals surface area contributed by atoms with Crippen LogP contribution in [0.15, 0.2) is 54.6 Å². The lowest BCUT2D eigenvalue weighted by Gasteiger charge is -2.14. The third-order valence-corrected chi connectivity index (χ3v) is 3.36. The van der Waals surface area contributed by atoms with E-state index in [9.17, 15) is 0 Å². The van der Waals surface area contributed by atoms with Crippen molar-refractivity contribution in [2.45, 2.75) is 6.04 Å². The van der Waals surface area contributed by atoms with Gasteiger partial charge in [0.15, 0.2) is 0 Å². The molecule has 0 radical (unpaired) electrons. The molecule has 1 heterocycles. The van der Waals surface area contributed by atoms with Gasteiger partial charge in [-0.15, -0.1) is 0 Å². The van der Waals surface area contributed by atoms with Gasteiger partial charge in [0, 0.05) is 12.4 Å². The van der Waals surface area contributed by atoms with Crippen LogP contribution >= 0.6 is 0 Å². The lowest BCUT2D eigenvalue weighted by molar-refractivity contribution is 0.608. The van der Waals surface area contributed by atoms with Crippen molar-refractivity contribution in [1.82, 2.24) is 15.2 Å². The number of nitrogens with one attached hydrogen (secondary N) is 1. The normalized spacial score (nSPS) is 12.7. The van der Waals surface area contributed by atoms with Gasteiger partial charge < -0.3 is 0 Å². The minimum Gasteiger partial charge on any atom is -0.271 e. The predicted octanol–water partition coefficient (Wildman–Crippen LogP) is 2.13. The standard InChI is InChI=1S/C15H16N4/c1-19-13-10-6-5-9-12(13)15(18-19)14(17-16)11-7-3-2-4-8-11/h2-10,14,17H,16H2,1H3. The average molecular weight is 252 g/mol. The molecule has 0 aliphatic rings. The first-order chi connectivity index (χ1) is 9.31. The first kappa shape index (κ1) is 11.9. The summed E-state index contributed by atoms with van der Waals surface area (Å²) < 4.78 is 1.89. The Labute approximate surface area is 111 Å². The number of nitrogens with two attached hydrogens (primary N) is 1. The van der Waals surface area contributed by atoms with Crippen molar-refractivity contribution in [3.05, 3.63) is 65.9 Å². The molecular formula is C15H16N4. The van der Waals surface area contributed by atoms with E-state index < -0.39 is 0 Å². The molecule has 2 aromatic carbocycles. The van der Waals surface area contributed by atoms with Gasteiger partial charge in [0.25, 0.3) is 0 Å². The SMILES string of the molecule is Cn1nc(C(NN)c2ccccc2)c2ccccc21. The zero-order valence-electron chi connectivity index (χ0n) is 10.7. The number of fused-ring (bicyclic) bond motifs is 1. The summed E-state index contributed by atoms with van der Waals surface area (Å²) in [6.45, 7) is 0. The third-order valence-electron chi connectivity index (χ3n) is 3.36. The summed E-state index contributed by atoms with van der Waals surface area (Å²) in [5.41, 5.74) is 6.03. The molecule has 0 aliphatic carbocycles. The maximum absolute atomic E-state index is 5.74. The molecule has 1 unspecified atom stereocenters. The fourth-order valence-corrected chi connectivity index (χ4v) is 2.43. The Morgan fingerprint density at radius 2 is 1.74 bits per heavy atom. The van der Waals surface area contributed by atoms with E-state index in [0.29, 0.717) is 0 Å². The summed E-state index contributed by atoms with van der Waals surface area (Å²) in [5, 5.41) is 5.73. The van der Waals surface area contributed by atoms with E-state index in [2.05, 4.69) is 22.7 Å². The molecule has 0 spiro atoms. The van der Waals surface area contributed by atoms with Gasteiger partial charge in [-0.25, -0.2) is 5.43 Å². The van der Waals surface area contributed by atoms with E-state index in [1.165, 1.54) is 0 Å². The van der Waals surface area contributed by atoms with Gasteiger partial charge >= 0.3 is 0 Å². The van der Waals surface area contributed by atoms with Crippen molar-refractivity contribution < 1.29 is 0 Å². The third kappa shape index (κ3) is 2.01. The molecule has 3 aromatic rings. The molecule has 1 aromatic heterocycles. The molecule has 4 heteroatoms. The van der Waals surface area contributed by atoms with Crippen molar-refractivity contribution in [2.24, 2.45) is 12.9 Å². The molecule has 0 amide bonds. The number of aryl methyl sites for hydroxylation is 1. The van der Waals surface area contributed by atoms with Crippen LogP contribution in [-0.2, 0) is 7.05 Å². The first-order valence-corrected chi connectivity index (χ1v) is 6.24. The summed E-state index contributed by atoms with van der Waals surface area (Å²) in [6, 6.07) is 18.2. The van der Waals surface area contributed by atoms with E-state index in [4.69, 9.17) is 5.84 Å². The molecule has 3 N–H and O–H groups in total. The van der Waals surface area contributed by atoms with Gasteiger partial charge in [-0.2, -0.15) is 5.10 Å². The highest BCUT2D eigenvalue weighted by atomic mass is 15.3. The van der Waals surface area contributed by atoms with Gasteiger partial charge in [-0.3, -0.25) is 10.5 Å². The highest BCUT2D eigenvalue weighted by molar-refractivity contribution is 5.82. The van der Waals surface area contributed by atoms with Gasteiger partial charge in [0.2, 0.25) is 0 Å². The smallest absolute Gasteiger partial charge is 0.0930 e. The Bertz CT molecular complexity index is 688. The zero-order valence-corrected chi connectivity index (χ0v) is 10.7. The minimum atomic E-state index is -0.104. The summed E-state index contributed by atoms with van der Waals surface area (Å²) in [6.07, 6.45) is 0. The number of rotatable bonds is 3. The molecule has 0 saturated heterocycles. The fourth-order valence-electron chi connectivity index (χ4n) is 2.43. The average Bonchev–Trinajstić information content (AvgIpc) is 2.79. The summed E-state index contributed by atoms with van der Waals surface area (Å²) in [7, 11) is 1.95. The summed E-state index contributed by atoms with van der Waals surface area (Å²) in [4.78, 5) is 0. The number of nitrogens with zero attached hydrogens (tertiary/aromatic N) is 2. The van der Waals surface area contributed by atoms with E-state index >= 15 is 0 Å². The fraction of sp³-hybridized carbons (Fsp3) is 0.133. The number of hydrazine groups is 1. The molecule has 0 saturated carbocycles. The molecule has 0 fully saturated rings. The Hall–Kier alpha value is -2.17. The zero-order chi connectivity index (χ0) is 13.2. The maximum Gasteiger partial charge on any atom is 0.0930 e. The van der Waals surface area contributed by atoms with Gasteiger partial charge in [-0.05, 0) is 11.6 Å². The first-order valence-electron chi connectivity index (χ1n) is 6.24. The van der Waals surface area contributed by atoms with Crippen LogP contribution in [0.4, 0.5) is 0 Å². The van der Waals surface area contributed by atoms with E-state index in [0.717, 1.165) is 22.2 Å². The minimum absolute atomic E-state index is 0.104. The molecule has 0 bridgehead atoms. The van der Waals surface area contributed by atoms with Crippen LogP contribution in [0.5, 0.6) is 0 Å². The molecule has 0 aliphatic heterocycles. The lowest BCUT2D eigenvalue weighted by atomic mass is 10.0. The van der Waals surface area contributed by atoms with Crippen LogP contribution in [0, 0.1) is 0 Å². The number of aromatic nitrogens is 2. The second-order valence-electron chi connectivity index (χ2n) is 4.54. The maximum atomic E-state index is 5.74. The molecule has 4 nitrogen and oxygen atoms in total. The Morgan fingerprint density at radius 1 is 1.05 bits per heavy atom. The number of hydrogen-bond donors (Lipinski definition) is 2. The molecular weight excluding hydrogens is 236 g/mol. The van der Waals surface area contributed by atoms with E-state index in [-0.39, 0.29) is 6.04 Å². The van der Waals surface area contributed by atoms with Crippen molar-refractivity contribution in [1.29, 1.82) is 0 Å². The van der Waals surface area contributed by atoms with E-state index in [1.54, 1.807) is 0 Å². The number of para-hydroxylation sites is 1. The van der Waals surface area contributed by atoms with Crippen molar-refractivity contribution >= 4 is 10.9 Å². The number of hydrogen-bond acceptors (Lipinski definition) is 3. The Balaban J connectivity index is 2.17. The largest absolute Gasteiger partial charge is 0.271 e. The van der Waals surface area contributed by atoms with Crippen LogP contribution in [0.25, 0.3) is 10.9 Å². The molecule has 96 valence electrons. The van der Waals surface area contributed by atoms with Crippen LogP contribution in [0.2, 0.25) is 0 Å². The second kappa shape index (κ2) is 4.84. The molecule has 3 rings (SSSR count). The lowest BCUT2D eigenvalue weighted by Crippen LogP contribution is -2.29. The Kier molecular flexibility index (Phi) is 3.03.